The highest BCUT2D eigenvalue weighted by Crippen LogP contribution is 2.31. The second-order valence-electron chi connectivity index (χ2n) is 9.76. The van der Waals surface area contributed by atoms with E-state index < -0.39 is 0 Å². The van der Waals surface area contributed by atoms with E-state index >= 15 is 0 Å². The van der Waals surface area contributed by atoms with Crippen LogP contribution in [0.3, 0.4) is 0 Å². The van der Waals surface area contributed by atoms with Crippen LogP contribution in [0.1, 0.15) is 45.6 Å². The zero-order chi connectivity index (χ0) is 24.2. The molecule has 0 spiro atoms. The maximum Gasteiger partial charge on any atom is 0.337 e. The van der Waals surface area contributed by atoms with Gasteiger partial charge < -0.3 is 9.30 Å². The lowest BCUT2D eigenvalue weighted by atomic mass is 9.96. The normalized spacial score (nSPS) is 14.9. The average Bonchev–Trinajstić information content (AvgIpc) is 3.16. The number of methoxy groups -OCH3 is 1. The Balaban J connectivity index is 1.30. The smallest absolute Gasteiger partial charge is 0.337 e. The van der Waals surface area contributed by atoms with Gasteiger partial charge in [-0.3, -0.25) is 4.90 Å². The number of fused-ring (bicyclic) bond motifs is 1. The van der Waals surface area contributed by atoms with Gasteiger partial charge in [-0.05, 0) is 80.1 Å². The molecule has 0 saturated carbocycles. The Bertz CT molecular complexity index is 1280. The molecular weight excluding hydrogens is 432 g/mol. The molecule has 4 heteroatoms. The number of nitrogens with zero attached hydrogens (tertiary/aromatic N) is 2. The van der Waals surface area contributed by atoms with Crippen molar-refractivity contribution in [3.8, 4) is 0 Å². The fraction of sp³-hybridized carbons (Fsp3) is 0.323. The van der Waals surface area contributed by atoms with Gasteiger partial charge in [-0.15, -0.1) is 0 Å². The van der Waals surface area contributed by atoms with E-state index in [1.165, 1.54) is 53.2 Å². The van der Waals surface area contributed by atoms with E-state index in [2.05, 4.69) is 71.0 Å². The van der Waals surface area contributed by atoms with Crippen LogP contribution in [-0.4, -0.2) is 35.6 Å². The molecule has 35 heavy (non-hydrogen) atoms. The molecular formula is C31H34N2O2. The molecule has 1 saturated heterocycles. The molecule has 1 aliphatic rings. The topological polar surface area (TPSA) is 34.5 Å². The summed E-state index contributed by atoms with van der Waals surface area (Å²) in [5, 5.41) is 1.34. The number of ether oxygens (including phenoxy) is 1. The van der Waals surface area contributed by atoms with Gasteiger partial charge in [0.15, 0.2) is 0 Å². The van der Waals surface area contributed by atoms with Crippen LogP contribution in [-0.2, 0) is 24.2 Å². The molecule has 2 heterocycles. The summed E-state index contributed by atoms with van der Waals surface area (Å²) in [7, 11) is 1.42. The Kier molecular flexibility index (Phi) is 7.01. The van der Waals surface area contributed by atoms with E-state index in [0.29, 0.717) is 11.5 Å². The van der Waals surface area contributed by atoms with Crippen LogP contribution >= 0.6 is 0 Å². The lowest BCUT2D eigenvalue weighted by Gasteiger charge is -2.32. The third-order valence-electron chi connectivity index (χ3n) is 7.51. The number of esters is 1. The molecule has 0 radical (unpaired) electrons. The van der Waals surface area contributed by atoms with Crippen LogP contribution in [0.2, 0.25) is 0 Å². The number of carbonyl (C=O) groups excluding carboxylic acids is 1. The van der Waals surface area contributed by atoms with Crippen molar-refractivity contribution in [1.82, 2.24) is 9.47 Å². The molecule has 1 aliphatic heterocycles. The number of carbonyl (C=O) groups is 1. The predicted molar refractivity (Wildman–Crippen MR) is 142 cm³/mol. The zero-order valence-electron chi connectivity index (χ0n) is 20.7. The quantitative estimate of drug-likeness (QED) is 0.302. The maximum absolute atomic E-state index is 11.8. The number of hydrogen-bond donors (Lipinski definition) is 0. The summed E-state index contributed by atoms with van der Waals surface area (Å²) in [5.41, 5.74) is 7.27. The average molecular weight is 467 g/mol. The molecule has 0 N–H and O–H groups in total. The van der Waals surface area contributed by atoms with Gasteiger partial charge >= 0.3 is 5.97 Å². The van der Waals surface area contributed by atoms with Crippen molar-refractivity contribution < 1.29 is 9.53 Å². The largest absolute Gasteiger partial charge is 0.465 e. The van der Waals surface area contributed by atoms with Gasteiger partial charge in [0.2, 0.25) is 0 Å². The summed E-state index contributed by atoms with van der Waals surface area (Å²) in [6.07, 6.45) is 3.34. The van der Waals surface area contributed by atoms with Crippen molar-refractivity contribution >= 4 is 16.9 Å². The van der Waals surface area contributed by atoms with Crippen LogP contribution in [0.15, 0.2) is 78.9 Å². The molecule has 0 aliphatic carbocycles. The molecule has 1 aromatic heterocycles. The van der Waals surface area contributed by atoms with E-state index in [9.17, 15) is 4.79 Å². The first-order valence-electron chi connectivity index (χ1n) is 12.6. The molecule has 1 fully saturated rings. The van der Waals surface area contributed by atoms with Crippen molar-refractivity contribution in [2.75, 3.05) is 20.2 Å². The first kappa shape index (κ1) is 23.4. The highest BCUT2D eigenvalue weighted by molar-refractivity contribution is 5.89. The maximum atomic E-state index is 11.8. The summed E-state index contributed by atoms with van der Waals surface area (Å²) in [6.45, 7) is 6.72. The first-order valence-corrected chi connectivity index (χ1v) is 12.6. The summed E-state index contributed by atoms with van der Waals surface area (Å²) < 4.78 is 7.38. The Morgan fingerprint density at radius 1 is 0.886 bits per heavy atom. The van der Waals surface area contributed by atoms with Crippen LogP contribution in [0.5, 0.6) is 0 Å². The van der Waals surface area contributed by atoms with E-state index in [1.54, 1.807) is 0 Å². The molecule has 0 amide bonds. The second-order valence-corrected chi connectivity index (χ2v) is 9.76. The van der Waals surface area contributed by atoms with Crippen LogP contribution in [0, 0.1) is 12.8 Å². The van der Waals surface area contributed by atoms with Gasteiger partial charge in [0.1, 0.15) is 0 Å². The fourth-order valence-electron chi connectivity index (χ4n) is 5.47. The third kappa shape index (κ3) is 5.18. The lowest BCUT2D eigenvalue weighted by molar-refractivity contribution is 0.0600. The van der Waals surface area contributed by atoms with Crippen molar-refractivity contribution in [2.45, 2.75) is 39.3 Å². The molecule has 0 unspecified atom stereocenters. The molecule has 4 nitrogen and oxygen atoms in total. The summed E-state index contributed by atoms with van der Waals surface area (Å²) >= 11 is 0. The number of likely N-dealkylation sites (tertiary alicyclic amines) is 1. The lowest BCUT2D eigenvalue weighted by Crippen LogP contribution is -2.34. The molecule has 0 bridgehead atoms. The van der Waals surface area contributed by atoms with E-state index in [1.807, 2.05) is 24.3 Å². The number of para-hydroxylation sites is 1. The monoisotopic (exact) mass is 466 g/mol. The van der Waals surface area contributed by atoms with E-state index in [-0.39, 0.29) is 5.97 Å². The highest BCUT2D eigenvalue weighted by atomic mass is 16.5. The molecule has 180 valence electrons. The predicted octanol–water partition coefficient (Wildman–Crippen LogP) is 6.24. The summed E-state index contributed by atoms with van der Waals surface area (Å²) in [5.74, 6) is 0.405. The van der Waals surface area contributed by atoms with Crippen molar-refractivity contribution in [2.24, 2.45) is 5.92 Å². The van der Waals surface area contributed by atoms with Crippen LogP contribution in [0.25, 0.3) is 10.9 Å². The molecule has 5 rings (SSSR count). The summed E-state index contributed by atoms with van der Waals surface area (Å²) in [4.78, 5) is 14.4. The van der Waals surface area contributed by atoms with Gasteiger partial charge in [-0.25, -0.2) is 4.79 Å². The number of piperidine rings is 1. The van der Waals surface area contributed by atoms with Crippen LogP contribution in [0.4, 0.5) is 0 Å². The van der Waals surface area contributed by atoms with Gasteiger partial charge in [0.05, 0.1) is 12.7 Å². The highest BCUT2D eigenvalue weighted by Gasteiger charge is 2.22. The third-order valence-corrected chi connectivity index (χ3v) is 7.51. The first-order chi connectivity index (χ1) is 17.1. The standard InChI is InChI=1S/C31H34N2O2/c1-23-29(20-24-12-14-27(15-13-24)31(34)35-2)28-10-6-7-11-30(28)33(23)22-26-16-18-32(19-17-26)21-25-8-4-3-5-9-25/h3-15,26H,16-22H2,1-2H3. The number of aromatic nitrogens is 1. The van der Waals surface area contributed by atoms with Gasteiger partial charge in [-0.2, -0.15) is 0 Å². The minimum Gasteiger partial charge on any atom is -0.465 e. The van der Waals surface area contributed by atoms with Crippen molar-refractivity contribution in [3.05, 3.63) is 107 Å². The van der Waals surface area contributed by atoms with E-state index in [4.69, 9.17) is 4.74 Å². The van der Waals surface area contributed by atoms with Gasteiger partial charge in [0.25, 0.3) is 0 Å². The Morgan fingerprint density at radius 3 is 2.29 bits per heavy atom. The molecule has 3 aromatic carbocycles. The molecule has 0 atom stereocenters. The van der Waals surface area contributed by atoms with Gasteiger partial charge in [-0.1, -0.05) is 60.7 Å². The van der Waals surface area contributed by atoms with E-state index in [0.717, 1.165) is 32.6 Å². The minimum atomic E-state index is -0.292. The Morgan fingerprint density at radius 2 is 1.57 bits per heavy atom. The Labute approximate surface area is 208 Å². The second kappa shape index (κ2) is 10.5. The SMILES string of the molecule is COC(=O)c1ccc(Cc2c(C)n(CC3CCN(Cc4ccccc4)CC3)c3ccccc23)cc1. The Hall–Kier alpha value is -3.37. The fourth-order valence-corrected chi connectivity index (χ4v) is 5.47. The summed E-state index contributed by atoms with van der Waals surface area (Å²) in [6, 6.07) is 27.4. The minimum absolute atomic E-state index is 0.292. The zero-order valence-corrected chi connectivity index (χ0v) is 20.7. The van der Waals surface area contributed by atoms with Crippen molar-refractivity contribution in [1.29, 1.82) is 0 Å². The number of hydrogen-bond acceptors (Lipinski definition) is 3. The van der Waals surface area contributed by atoms with Gasteiger partial charge in [0, 0.05) is 29.7 Å². The van der Waals surface area contributed by atoms with Crippen LogP contribution < -0.4 is 0 Å². The number of rotatable bonds is 7. The molecule has 4 aromatic rings. The number of benzene rings is 3. The van der Waals surface area contributed by atoms with Crippen molar-refractivity contribution in [3.63, 3.8) is 0 Å².